The summed E-state index contributed by atoms with van der Waals surface area (Å²) in [5.74, 6) is 1.70. The van der Waals surface area contributed by atoms with Crippen LogP contribution in [0.1, 0.15) is 36.8 Å². The van der Waals surface area contributed by atoms with Crippen molar-refractivity contribution >= 4 is 88.9 Å². The Kier molecular flexibility index (Phi) is 9.39. The van der Waals surface area contributed by atoms with Crippen LogP contribution in [0.2, 0.25) is 0 Å². The molecule has 0 spiro atoms. The Morgan fingerprint density at radius 1 is 0.536 bits per heavy atom. The van der Waals surface area contributed by atoms with Crippen molar-refractivity contribution in [2.45, 2.75) is 38.8 Å². The summed E-state index contributed by atoms with van der Waals surface area (Å²) < 4.78 is 0. The molecule has 0 aliphatic heterocycles. The quantitative estimate of drug-likeness (QED) is 0.120. The normalized spacial score (nSPS) is 22.9. The van der Waals surface area contributed by atoms with Crippen LogP contribution in [0.3, 0.4) is 0 Å². The van der Waals surface area contributed by atoms with Crippen molar-refractivity contribution in [2.24, 2.45) is 41.2 Å². The molecule has 4 aliphatic rings. The van der Waals surface area contributed by atoms with E-state index in [1.54, 1.807) is 0 Å². The van der Waals surface area contributed by atoms with E-state index in [0.717, 1.165) is 25.7 Å². The lowest BCUT2D eigenvalue weighted by Gasteiger charge is -2.18. The molecule has 4 bridgehead atoms. The van der Waals surface area contributed by atoms with Crippen LogP contribution in [0.5, 0.6) is 0 Å². The molecule has 0 radical (unpaired) electrons. The predicted octanol–water partition coefficient (Wildman–Crippen LogP) is 11.2. The molecular formula is C50H45ClN2O3. The van der Waals surface area contributed by atoms with Gasteiger partial charge in [0.05, 0.1) is 5.92 Å². The first kappa shape index (κ1) is 36.2. The number of halogens is 1. The van der Waals surface area contributed by atoms with Gasteiger partial charge in [-0.3, -0.25) is 9.59 Å². The lowest BCUT2D eigenvalue weighted by atomic mass is 9.91. The van der Waals surface area contributed by atoms with Gasteiger partial charge in [0.25, 0.3) is 0 Å². The van der Waals surface area contributed by atoms with E-state index in [2.05, 4.69) is 139 Å². The van der Waals surface area contributed by atoms with Gasteiger partial charge in [-0.15, -0.1) is 12.4 Å². The number of carbonyl (C=O) groups excluding carboxylic acids is 1. The van der Waals surface area contributed by atoms with Crippen molar-refractivity contribution in [1.82, 2.24) is 5.32 Å². The predicted molar refractivity (Wildman–Crippen MR) is 233 cm³/mol. The van der Waals surface area contributed by atoms with Crippen molar-refractivity contribution in [1.29, 1.82) is 0 Å². The van der Waals surface area contributed by atoms with Gasteiger partial charge in [-0.2, -0.15) is 0 Å². The molecule has 0 heterocycles. The van der Waals surface area contributed by atoms with E-state index in [-0.39, 0.29) is 30.2 Å². The Morgan fingerprint density at radius 3 is 1.39 bits per heavy atom. The zero-order chi connectivity index (χ0) is 37.2. The smallest absolute Gasteiger partial charge is 0.307 e. The van der Waals surface area contributed by atoms with Gasteiger partial charge in [-0.05, 0) is 125 Å². The minimum absolute atomic E-state index is 0. The minimum atomic E-state index is -0.614. The highest BCUT2D eigenvalue weighted by Crippen LogP contribution is 2.44. The molecule has 4 aliphatic carbocycles. The summed E-state index contributed by atoms with van der Waals surface area (Å²) in [4.78, 5) is 23.3. The molecule has 0 aromatic heterocycles. The maximum Gasteiger partial charge on any atom is 0.307 e. The number of amides is 1. The number of nitrogens with one attached hydrogen (secondary N) is 1. The van der Waals surface area contributed by atoms with Gasteiger partial charge >= 0.3 is 5.97 Å². The molecule has 0 saturated heterocycles. The second-order valence-corrected chi connectivity index (χ2v) is 16.2. The molecule has 8 aromatic rings. The van der Waals surface area contributed by atoms with Gasteiger partial charge in [0.15, 0.2) is 0 Å². The third-order valence-corrected chi connectivity index (χ3v) is 13.1. The number of rotatable bonds is 5. The van der Waals surface area contributed by atoms with Crippen LogP contribution in [0, 0.1) is 35.5 Å². The molecule has 280 valence electrons. The highest BCUT2D eigenvalue weighted by Gasteiger charge is 2.40. The molecular weight excluding hydrogens is 712 g/mol. The molecule has 4 N–H and O–H groups in total. The Hall–Kier alpha value is -5.49. The average molecular weight is 757 g/mol. The van der Waals surface area contributed by atoms with Gasteiger partial charge in [0, 0.05) is 19.0 Å². The van der Waals surface area contributed by atoms with E-state index in [1.807, 2.05) is 0 Å². The van der Waals surface area contributed by atoms with E-state index in [1.165, 1.54) is 75.8 Å². The number of carbonyl (C=O) groups is 2. The van der Waals surface area contributed by atoms with Crippen molar-refractivity contribution < 1.29 is 14.7 Å². The van der Waals surface area contributed by atoms with Crippen LogP contribution in [-0.4, -0.2) is 17.0 Å². The van der Waals surface area contributed by atoms with Gasteiger partial charge < -0.3 is 16.2 Å². The van der Waals surface area contributed by atoms with Crippen molar-refractivity contribution in [2.75, 3.05) is 0 Å². The summed E-state index contributed by atoms with van der Waals surface area (Å²) in [7, 11) is 0. The number of carboxylic acid groups (broad SMARTS) is 1. The molecule has 2 saturated carbocycles. The van der Waals surface area contributed by atoms with E-state index in [9.17, 15) is 9.59 Å². The van der Waals surface area contributed by atoms with Crippen LogP contribution in [0.25, 0.3) is 64.6 Å². The number of benzene rings is 8. The zero-order valence-electron chi connectivity index (χ0n) is 31.2. The van der Waals surface area contributed by atoms with Gasteiger partial charge in [-0.25, -0.2) is 0 Å². The van der Waals surface area contributed by atoms with Crippen molar-refractivity contribution in [3.63, 3.8) is 0 Å². The summed E-state index contributed by atoms with van der Waals surface area (Å²) in [6.07, 6.45) is 12.9. The molecule has 5 nitrogen and oxygen atoms in total. The van der Waals surface area contributed by atoms with E-state index >= 15 is 0 Å². The second-order valence-electron chi connectivity index (χ2n) is 16.2. The maximum atomic E-state index is 12.7. The van der Waals surface area contributed by atoms with Gasteiger partial charge in [0.2, 0.25) is 5.91 Å². The second kappa shape index (κ2) is 14.5. The topological polar surface area (TPSA) is 92.4 Å². The summed E-state index contributed by atoms with van der Waals surface area (Å²) in [6, 6.07) is 39.2. The number of allylic oxidation sites excluding steroid dienone is 4. The minimum Gasteiger partial charge on any atom is -0.481 e. The number of nitrogens with two attached hydrogens (primary N) is 1. The highest BCUT2D eigenvalue weighted by atomic mass is 35.5. The summed E-state index contributed by atoms with van der Waals surface area (Å²) in [6.45, 7) is 1.19. The van der Waals surface area contributed by atoms with E-state index < -0.39 is 5.97 Å². The highest BCUT2D eigenvalue weighted by molar-refractivity contribution is 6.24. The molecule has 2 fully saturated rings. The van der Waals surface area contributed by atoms with Crippen LogP contribution >= 0.6 is 12.4 Å². The number of aliphatic carboxylic acids is 1. The lowest BCUT2D eigenvalue weighted by molar-refractivity contribution is -0.142. The van der Waals surface area contributed by atoms with E-state index in [0.29, 0.717) is 36.8 Å². The Balaban J connectivity index is 0.000000121. The summed E-state index contributed by atoms with van der Waals surface area (Å²) in [5.41, 5.74) is 8.27. The first-order valence-corrected chi connectivity index (χ1v) is 19.8. The SMILES string of the molecule is Cl.NCc1ccc2ccc3cccc4ccc1c2c34.O=C(NCc1ccc2ccc3cccc4ccc1c2c34)C1CC2C=CC1C2.O=C(O)C1CC2C=CC1C2. The standard InChI is InChI=1S/C25H21NO.C17H13N.C8H10O2.ClH/c27-25(22-13-15-4-5-19(22)12-15)26-14-20-9-8-18-7-6-16-2-1-3-17-10-11-21(20)24(18)23(16)17;18-10-14-7-6-13-5-4-11-2-1-3-12-8-9-15(14)17(13)16(11)12;9-8(10)7-4-5-1-2-6(7)3-5;/h1-11,15,19,22H,12-14H2,(H,26,27);1-9H,10,18H2;1-2,5-7H,3-4H2,(H,9,10);1H. The molecule has 56 heavy (non-hydrogen) atoms. The fraction of sp³-hybridized carbons (Fsp3) is 0.240. The molecule has 6 unspecified atom stereocenters. The molecule has 6 atom stereocenters. The number of carboxylic acids is 1. The number of fused-ring (bicyclic) bond motifs is 4. The van der Waals surface area contributed by atoms with Gasteiger partial charge in [-0.1, -0.05) is 133 Å². The van der Waals surface area contributed by atoms with Gasteiger partial charge in [0.1, 0.15) is 0 Å². The van der Waals surface area contributed by atoms with Crippen LogP contribution in [0.15, 0.2) is 133 Å². The number of hydrogen-bond donors (Lipinski definition) is 3. The van der Waals surface area contributed by atoms with Crippen LogP contribution in [-0.2, 0) is 22.7 Å². The van der Waals surface area contributed by atoms with Crippen molar-refractivity contribution in [3.05, 3.63) is 145 Å². The monoisotopic (exact) mass is 756 g/mol. The fourth-order valence-corrected chi connectivity index (χ4v) is 10.4. The maximum absolute atomic E-state index is 12.7. The molecule has 1 amide bonds. The Morgan fingerprint density at radius 2 is 0.964 bits per heavy atom. The summed E-state index contributed by atoms with van der Waals surface area (Å²) in [5, 5.41) is 27.6. The summed E-state index contributed by atoms with van der Waals surface area (Å²) >= 11 is 0. The molecule has 8 aromatic carbocycles. The van der Waals surface area contributed by atoms with Crippen molar-refractivity contribution in [3.8, 4) is 0 Å². The van der Waals surface area contributed by atoms with E-state index in [4.69, 9.17) is 10.8 Å². The Bertz CT molecular complexity index is 2790. The Labute approximate surface area is 332 Å². The third kappa shape index (κ3) is 6.14. The number of hydrogen-bond acceptors (Lipinski definition) is 3. The largest absolute Gasteiger partial charge is 0.481 e. The lowest BCUT2D eigenvalue weighted by Crippen LogP contribution is -2.32. The fourth-order valence-electron chi connectivity index (χ4n) is 10.4. The first-order chi connectivity index (χ1) is 26.9. The molecule has 6 heteroatoms. The average Bonchev–Trinajstić information content (AvgIpc) is 4.06. The first-order valence-electron chi connectivity index (χ1n) is 19.8. The van der Waals surface area contributed by atoms with Crippen LogP contribution in [0.4, 0.5) is 0 Å². The van der Waals surface area contributed by atoms with Crippen LogP contribution < -0.4 is 11.1 Å². The zero-order valence-corrected chi connectivity index (χ0v) is 32.0. The molecule has 12 rings (SSSR count). The third-order valence-electron chi connectivity index (χ3n) is 13.1.